The lowest BCUT2D eigenvalue weighted by atomic mass is 9.66. The summed E-state index contributed by atoms with van der Waals surface area (Å²) in [6.45, 7) is 16.4. The summed E-state index contributed by atoms with van der Waals surface area (Å²) in [6.07, 6.45) is -30.9. The SMILES string of the molecule is Cc1cccc(NC2CC3C4NC(NC5C6C(Nc7cccc(C)c7)C(Nc7cccc(C)c7)C(Nc7cccc(C)c7)C(Nc7cccc(C)c7)C6C(NC6NC(NC7NC(N4)C4C(F)C(F)C(F)C(F)C74)C4C(F)C(F)C(F)C(F)C64)N5Nc4cccc(C)c4)C3C(Nc3cccc(C)c3)C2Nc2cccc(C)c2)c1. The summed E-state index contributed by atoms with van der Waals surface area (Å²) < 4.78 is 138. The first kappa shape index (κ1) is 75.9. The van der Waals surface area contributed by atoms with Crippen molar-refractivity contribution in [3.05, 3.63) is 239 Å². The van der Waals surface area contributed by atoms with Gasteiger partial charge in [0.05, 0.1) is 85.6 Å². The van der Waals surface area contributed by atoms with Gasteiger partial charge in [-0.1, -0.05) is 97.1 Å². The molecule has 5 saturated heterocycles. The van der Waals surface area contributed by atoms with Crippen molar-refractivity contribution >= 4 is 45.5 Å². The summed E-state index contributed by atoms with van der Waals surface area (Å²) in [5, 5.41) is 57.7. The van der Waals surface area contributed by atoms with E-state index < -0.39 is 188 Å². The molecule has 112 heavy (non-hydrogen) atoms. The van der Waals surface area contributed by atoms with Crippen molar-refractivity contribution in [2.75, 3.05) is 42.6 Å². The number of halogens is 8. The molecule has 24 heteroatoms. The van der Waals surface area contributed by atoms with Crippen LogP contribution in [0.2, 0.25) is 0 Å². The van der Waals surface area contributed by atoms with E-state index in [1.54, 1.807) is 0 Å². The third kappa shape index (κ3) is 14.7. The van der Waals surface area contributed by atoms with Crippen LogP contribution in [-0.2, 0) is 0 Å². The highest BCUT2D eigenvalue weighted by molar-refractivity contribution is 5.59. The highest BCUT2D eigenvalue weighted by atomic mass is 19.2. The Balaban J connectivity index is 0.932. The largest absolute Gasteiger partial charge is 0.380 e. The average molecular weight is 1540 g/mol. The highest BCUT2D eigenvalue weighted by Crippen LogP contribution is 2.53. The summed E-state index contributed by atoms with van der Waals surface area (Å²) in [5.41, 5.74) is 18.6. The number of anilines is 8. The van der Waals surface area contributed by atoms with E-state index >= 15 is 35.1 Å². The van der Waals surface area contributed by atoms with Crippen molar-refractivity contribution in [1.29, 1.82) is 0 Å². The van der Waals surface area contributed by atoms with Crippen molar-refractivity contribution in [3.8, 4) is 0 Å². The first-order valence-electron chi connectivity index (χ1n) is 39.9. The molecule has 0 aromatic heterocycles. The summed E-state index contributed by atoms with van der Waals surface area (Å²) in [5.74, 6) is -8.94. The molecule has 0 radical (unpaired) electrons. The number of rotatable bonds is 16. The molecule has 16 nitrogen and oxygen atoms in total. The quantitative estimate of drug-likeness (QED) is 0.0410. The average Bonchev–Trinajstić information content (AvgIpc) is 1.54. The summed E-state index contributed by atoms with van der Waals surface area (Å²) in [4.78, 5) is 0. The molecule has 0 spiro atoms. The second-order valence-corrected chi connectivity index (χ2v) is 33.7. The maximum absolute atomic E-state index is 18.2. The lowest BCUT2D eigenvalue weighted by Crippen LogP contribution is -2.71. The lowest BCUT2D eigenvalue weighted by molar-refractivity contribution is -0.0875. The number of hydrazine groups is 1. The van der Waals surface area contributed by atoms with Crippen molar-refractivity contribution in [2.45, 2.75) is 203 Å². The number of hydrogen-bond acceptors (Lipinski definition) is 16. The normalized spacial score (nSPS) is 37.9. The molecule has 5 aliphatic heterocycles. The second-order valence-electron chi connectivity index (χ2n) is 33.7. The van der Waals surface area contributed by atoms with E-state index in [4.69, 9.17) is 0 Å². The zero-order valence-corrected chi connectivity index (χ0v) is 64.1. The number of nitrogens with one attached hydrogen (secondary N) is 15. The topological polar surface area (TPSA) is 184 Å². The van der Waals surface area contributed by atoms with Gasteiger partial charge in [0.25, 0.3) is 0 Å². The Morgan fingerprint density at radius 2 is 0.491 bits per heavy atom. The van der Waals surface area contributed by atoms with Crippen LogP contribution < -0.4 is 79.9 Å². The number of benzene rings is 8. The van der Waals surface area contributed by atoms with Crippen LogP contribution in [0.3, 0.4) is 0 Å². The van der Waals surface area contributed by atoms with E-state index in [2.05, 4.69) is 229 Å². The van der Waals surface area contributed by atoms with Crippen LogP contribution in [0.25, 0.3) is 0 Å². The van der Waals surface area contributed by atoms with Crippen LogP contribution in [0, 0.1) is 103 Å². The first-order chi connectivity index (χ1) is 54.0. The van der Waals surface area contributed by atoms with E-state index in [0.29, 0.717) is 12.1 Å². The van der Waals surface area contributed by atoms with Crippen LogP contribution >= 0.6 is 0 Å². The minimum Gasteiger partial charge on any atom is -0.380 e. The highest BCUT2D eigenvalue weighted by Gasteiger charge is 2.69. The molecule has 31 unspecified atom stereocenters. The Hall–Kier alpha value is -8.72. The number of alkyl halides is 8. The maximum Gasteiger partial charge on any atom is 0.165 e. The Morgan fingerprint density at radius 3 is 0.804 bits per heavy atom. The molecule has 31 atom stereocenters. The van der Waals surface area contributed by atoms with E-state index in [9.17, 15) is 0 Å². The Morgan fingerprint density at radius 1 is 0.250 bits per heavy atom. The molecule has 9 aliphatic rings. The Bertz CT molecular complexity index is 4640. The fraction of sp³-hybridized carbons (Fsp3) is 0.455. The molecule has 592 valence electrons. The van der Waals surface area contributed by atoms with Gasteiger partial charge in [0.15, 0.2) is 24.7 Å². The van der Waals surface area contributed by atoms with E-state index in [-0.39, 0.29) is 0 Å². The fourth-order valence-corrected chi connectivity index (χ4v) is 21.1. The van der Waals surface area contributed by atoms with Gasteiger partial charge < -0.3 is 42.6 Å². The molecule has 4 aliphatic carbocycles. The zero-order valence-electron chi connectivity index (χ0n) is 64.1. The maximum atomic E-state index is 18.2. The molecule has 8 bridgehead atoms. The van der Waals surface area contributed by atoms with Gasteiger partial charge in [-0.15, -0.1) is 0 Å². The number of aryl methyl sites for hydroxylation is 8. The molecule has 8 aromatic carbocycles. The van der Waals surface area contributed by atoms with Gasteiger partial charge >= 0.3 is 0 Å². The zero-order chi connectivity index (χ0) is 77.7. The molecular formula is C88H104F8N16. The van der Waals surface area contributed by atoms with Crippen molar-refractivity contribution < 1.29 is 35.1 Å². The fourth-order valence-electron chi connectivity index (χ4n) is 21.1. The van der Waals surface area contributed by atoms with Crippen molar-refractivity contribution in [3.63, 3.8) is 0 Å². The van der Waals surface area contributed by atoms with E-state index in [0.717, 1.165) is 84.3 Å². The predicted molar refractivity (Wildman–Crippen MR) is 431 cm³/mol. The Kier molecular flexibility index (Phi) is 21.2. The summed E-state index contributed by atoms with van der Waals surface area (Å²) in [6, 6.07) is 62.0. The predicted octanol–water partition coefficient (Wildman–Crippen LogP) is 14.0. The molecule has 9 fully saturated rings. The molecule has 15 N–H and O–H groups in total. The third-order valence-corrected chi connectivity index (χ3v) is 25.8. The van der Waals surface area contributed by atoms with E-state index in [1.807, 2.05) is 106 Å². The number of nitrogens with zero attached hydrogens (tertiary/aromatic N) is 1. The van der Waals surface area contributed by atoms with Gasteiger partial charge in [-0.05, 0) is 209 Å². The molecular weight excluding hydrogens is 1430 g/mol. The van der Waals surface area contributed by atoms with Gasteiger partial charge in [0.1, 0.15) is 24.7 Å². The molecule has 0 amide bonds. The third-order valence-electron chi connectivity index (χ3n) is 25.8. The molecule has 8 aromatic rings. The van der Waals surface area contributed by atoms with Gasteiger partial charge in [0.2, 0.25) is 0 Å². The molecule has 17 rings (SSSR count). The van der Waals surface area contributed by atoms with Gasteiger partial charge in [-0.3, -0.25) is 37.2 Å². The number of fused-ring (bicyclic) bond motifs is 20. The van der Waals surface area contributed by atoms with Gasteiger partial charge in [-0.25, -0.2) is 35.1 Å². The smallest absolute Gasteiger partial charge is 0.165 e. The lowest BCUT2D eigenvalue weighted by Gasteiger charge is -2.53. The van der Waals surface area contributed by atoms with Crippen LogP contribution in [0.5, 0.6) is 0 Å². The molecule has 4 saturated carbocycles. The van der Waals surface area contributed by atoms with Crippen LogP contribution in [0.4, 0.5) is 80.6 Å². The first-order valence-corrected chi connectivity index (χ1v) is 39.9. The minimum atomic E-state index is -2.93. The second kappa shape index (κ2) is 31.2. The summed E-state index contributed by atoms with van der Waals surface area (Å²) >= 11 is 0. The van der Waals surface area contributed by atoms with Crippen LogP contribution in [0.1, 0.15) is 50.9 Å². The van der Waals surface area contributed by atoms with Gasteiger partial charge in [-0.2, -0.15) is 5.01 Å². The van der Waals surface area contributed by atoms with Crippen molar-refractivity contribution in [1.82, 2.24) is 42.2 Å². The van der Waals surface area contributed by atoms with Crippen molar-refractivity contribution in [2.24, 2.45) is 47.3 Å². The van der Waals surface area contributed by atoms with Crippen LogP contribution in [0.15, 0.2) is 194 Å². The summed E-state index contributed by atoms with van der Waals surface area (Å²) in [7, 11) is 0. The number of hydrogen-bond donors (Lipinski definition) is 15. The minimum absolute atomic E-state index is 0.393. The monoisotopic (exact) mass is 1540 g/mol. The van der Waals surface area contributed by atoms with Gasteiger partial charge in [0, 0.05) is 93.0 Å². The molecule has 5 heterocycles. The standard InChI is InChI=1S/C88H104F8N16/c1-42-17-9-25-50(33-42)97-59-41-58-60(76(99-52-27-11-19-44(3)35-52)75(59)98-51-26-10-18-43(2)34-51)82-104-81(58)105-83-61-62(68(90)72(94)71(93)67(61)89)84(106-83)107-85-63-64(70(92)74(96)73(95)69(63)91)86(108-85)110-88-66-65(87(109-82)112(88)111-57-32-16-24-49(8)40-57)77(100-53-28-12-20-45(4)36-53)79(102-55-30-14-22-47(6)38-55)80(103-56-31-15-23-48(7)39-56)78(66)101-54-29-13-21-46(5)37-54/h9-40,58-88,97-111H,41H2,1-8H3. The van der Waals surface area contributed by atoms with E-state index in [1.165, 1.54) is 0 Å². The van der Waals surface area contributed by atoms with Crippen LogP contribution in [-0.4, -0.2) is 146 Å². The Labute approximate surface area is 651 Å².